The smallest absolute Gasteiger partial charge is 0.383 e. The Labute approximate surface area is 130 Å². The average molecular weight is 334 g/mol. The molecule has 0 saturated heterocycles. The van der Waals surface area contributed by atoms with Crippen LogP contribution in [0, 0.1) is 0 Å². The van der Waals surface area contributed by atoms with Crippen LogP contribution in [0.2, 0.25) is 0 Å². The Hall–Kier alpha value is -2.13. The van der Waals surface area contributed by atoms with Crippen molar-refractivity contribution in [1.82, 2.24) is 10.6 Å². The Bertz CT molecular complexity index is 537. The van der Waals surface area contributed by atoms with E-state index in [-0.39, 0.29) is 13.2 Å². The maximum Gasteiger partial charge on any atom is 0.423 e. The molecule has 1 aromatic rings. The highest BCUT2D eigenvalue weighted by molar-refractivity contribution is 6.35. The molecule has 3 N–H and O–H groups in total. The van der Waals surface area contributed by atoms with E-state index in [1.54, 1.807) is 5.32 Å². The maximum absolute atomic E-state index is 13.2. The third kappa shape index (κ3) is 4.93. The fraction of sp³-hybridized carbons (Fsp3) is 0.429. The number of rotatable bonds is 6. The van der Waals surface area contributed by atoms with Gasteiger partial charge in [0.05, 0.1) is 13.2 Å². The summed E-state index contributed by atoms with van der Waals surface area (Å²) in [6, 6.07) is 6.30. The number of methoxy groups -OCH3 is 1. The van der Waals surface area contributed by atoms with Crippen molar-refractivity contribution in [2.45, 2.75) is 11.8 Å². The number of hydrogen-bond donors (Lipinski definition) is 3. The van der Waals surface area contributed by atoms with Gasteiger partial charge in [-0.2, -0.15) is 13.2 Å². The molecule has 0 fully saturated rings. The van der Waals surface area contributed by atoms with Gasteiger partial charge in [0.2, 0.25) is 5.60 Å². The minimum atomic E-state index is -5.03. The number of carbonyl (C=O) groups is 2. The van der Waals surface area contributed by atoms with Crippen LogP contribution < -0.4 is 10.6 Å². The van der Waals surface area contributed by atoms with E-state index in [0.29, 0.717) is 0 Å². The summed E-state index contributed by atoms with van der Waals surface area (Å²) in [7, 11) is 1.38. The predicted octanol–water partition coefficient (Wildman–Crippen LogP) is 0.315. The lowest BCUT2D eigenvalue weighted by molar-refractivity contribution is -0.264. The number of halogens is 3. The van der Waals surface area contributed by atoms with Crippen LogP contribution in [0.1, 0.15) is 5.56 Å². The van der Waals surface area contributed by atoms with Crippen molar-refractivity contribution in [3.63, 3.8) is 0 Å². The van der Waals surface area contributed by atoms with Gasteiger partial charge in [-0.3, -0.25) is 9.59 Å². The first-order valence-electron chi connectivity index (χ1n) is 6.62. The summed E-state index contributed by atoms with van der Waals surface area (Å²) in [5.41, 5.74) is -3.73. The van der Waals surface area contributed by atoms with Crippen LogP contribution in [0.5, 0.6) is 0 Å². The highest BCUT2D eigenvalue weighted by atomic mass is 19.4. The van der Waals surface area contributed by atoms with Gasteiger partial charge in [0.15, 0.2) is 0 Å². The third-order valence-electron chi connectivity index (χ3n) is 3.02. The summed E-state index contributed by atoms with van der Waals surface area (Å²) in [6.07, 6.45) is -5.03. The lowest BCUT2D eigenvalue weighted by atomic mass is 9.93. The quantitative estimate of drug-likeness (QED) is 0.516. The summed E-state index contributed by atoms with van der Waals surface area (Å²) >= 11 is 0. The average Bonchev–Trinajstić information content (AvgIpc) is 2.52. The van der Waals surface area contributed by atoms with Crippen molar-refractivity contribution in [1.29, 1.82) is 0 Å². The zero-order valence-electron chi connectivity index (χ0n) is 12.3. The number of alkyl halides is 3. The molecule has 1 aromatic carbocycles. The van der Waals surface area contributed by atoms with Gasteiger partial charge in [0, 0.05) is 13.7 Å². The fourth-order valence-electron chi connectivity index (χ4n) is 1.72. The molecule has 0 saturated carbocycles. The SMILES string of the molecule is COCCNC(=O)C(=O)NC[C@](O)(c1ccccc1)C(F)(F)F. The van der Waals surface area contributed by atoms with Crippen molar-refractivity contribution < 1.29 is 32.6 Å². The second kappa shape index (κ2) is 7.93. The van der Waals surface area contributed by atoms with Gasteiger partial charge < -0.3 is 20.5 Å². The number of nitrogens with one attached hydrogen (secondary N) is 2. The van der Waals surface area contributed by atoms with Gasteiger partial charge >= 0.3 is 18.0 Å². The Kier molecular flexibility index (Phi) is 6.52. The second-order valence-electron chi connectivity index (χ2n) is 4.66. The number of benzene rings is 1. The molecule has 23 heavy (non-hydrogen) atoms. The van der Waals surface area contributed by atoms with E-state index in [4.69, 9.17) is 0 Å². The molecule has 0 aromatic heterocycles. The highest BCUT2D eigenvalue weighted by Crippen LogP contribution is 2.38. The number of aliphatic hydroxyl groups is 1. The van der Waals surface area contributed by atoms with E-state index in [2.05, 4.69) is 10.1 Å². The van der Waals surface area contributed by atoms with Gasteiger partial charge in [-0.1, -0.05) is 30.3 Å². The summed E-state index contributed by atoms with van der Waals surface area (Å²) in [6.45, 7) is -1.00. The minimum absolute atomic E-state index is 0.0327. The molecular formula is C14H17F3N2O4. The number of ether oxygens (including phenoxy) is 1. The molecule has 0 unspecified atom stereocenters. The van der Waals surface area contributed by atoms with Crippen molar-refractivity contribution in [3.8, 4) is 0 Å². The molecule has 128 valence electrons. The Morgan fingerprint density at radius 3 is 2.22 bits per heavy atom. The highest BCUT2D eigenvalue weighted by Gasteiger charge is 2.55. The monoisotopic (exact) mass is 334 g/mol. The maximum atomic E-state index is 13.2. The van der Waals surface area contributed by atoms with Crippen LogP contribution in [0.15, 0.2) is 30.3 Å². The van der Waals surface area contributed by atoms with Crippen LogP contribution >= 0.6 is 0 Å². The van der Waals surface area contributed by atoms with Gasteiger partial charge in [-0.05, 0) is 5.56 Å². The molecule has 0 aliphatic rings. The van der Waals surface area contributed by atoms with Crippen LogP contribution in [0.3, 0.4) is 0 Å². The Balaban J connectivity index is 2.77. The third-order valence-corrected chi connectivity index (χ3v) is 3.02. The molecule has 1 atom stereocenters. The summed E-state index contributed by atoms with van der Waals surface area (Å²) < 4.78 is 44.2. The number of hydrogen-bond acceptors (Lipinski definition) is 4. The van der Waals surface area contributed by atoms with E-state index < -0.39 is 35.7 Å². The molecule has 0 aliphatic carbocycles. The molecular weight excluding hydrogens is 317 g/mol. The minimum Gasteiger partial charge on any atom is -0.383 e. The first-order chi connectivity index (χ1) is 10.7. The molecule has 0 bridgehead atoms. The van der Waals surface area contributed by atoms with Crippen molar-refractivity contribution in [3.05, 3.63) is 35.9 Å². The predicted molar refractivity (Wildman–Crippen MR) is 74.3 cm³/mol. The molecule has 0 spiro atoms. The molecule has 2 amide bonds. The summed E-state index contributed by atoms with van der Waals surface area (Å²) in [5.74, 6) is -2.39. The zero-order chi connectivity index (χ0) is 17.5. The van der Waals surface area contributed by atoms with Crippen LogP contribution in [-0.4, -0.2) is 49.9 Å². The Morgan fingerprint density at radius 2 is 1.70 bits per heavy atom. The zero-order valence-corrected chi connectivity index (χ0v) is 12.3. The number of carbonyl (C=O) groups excluding carboxylic acids is 2. The molecule has 0 heterocycles. The van der Waals surface area contributed by atoms with E-state index in [1.807, 2.05) is 0 Å². The lowest BCUT2D eigenvalue weighted by Gasteiger charge is -2.31. The van der Waals surface area contributed by atoms with Gasteiger partial charge in [0.25, 0.3) is 0 Å². The lowest BCUT2D eigenvalue weighted by Crippen LogP contribution is -2.53. The second-order valence-corrected chi connectivity index (χ2v) is 4.66. The van der Waals surface area contributed by atoms with E-state index in [0.717, 1.165) is 12.1 Å². The van der Waals surface area contributed by atoms with Gasteiger partial charge in [0.1, 0.15) is 0 Å². The number of amides is 2. The van der Waals surface area contributed by atoms with E-state index >= 15 is 0 Å². The first kappa shape index (κ1) is 18.9. The molecule has 6 nitrogen and oxygen atoms in total. The van der Waals surface area contributed by atoms with Crippen LogP contribution in [-0.2, 0) is 19.9 Å². The van der Waals surface area contributed by atoms with E-state index in [9.17, 15) is 27.9 Å². The standard InChI is InChI=1S/C14H17F3N2O4/c1-23-8-7-18-11(20)12(21)19-9-13(22,14(15,16)17)10-5-3-2-4-6-10/h2-6,22H,7-9H2,1H3,(H,18,20)(H,19,21)/t13-/m0/s1. The Morgan fingerprint density at radius 1 is 1.13 bits per heavy atom. The van der Waals surface area contributed by atoms with Gasteiger partial charge in [-0.25, -0.2) is 0 Å². The van der Waals surface area contributed by atoms with Crippen LogP contribution in [0.4, 0.5) is 13.2 Å². The van der Waals surface area contributed by atoms with Crippen LogP contribution in [0.25, 0.3) is 0 Å². The normalized spacial score (nSPS) is 14.0. The van der Waals surface area contributed by atoms with Gasteiger partial charge in [-0.15, -0.1) is 0 Å². The first-order valence-corrected chi connectivity index (χ1v) is 6.62. The fourth-order valence-corrected chi connectivity index (χ4v) is 1.72. The molecule has 0 aliphatic heterocycles. The van der Waals surface area contributed by atoms with E-state index in [1.165, 1.54) is 25.3 Å². The van der Waals surface area contributed by atoms with Crippen molar-refractivity contribution in [2.24, 2.45) is 0 Å². The van der Waals surface area contributed by atoms with Crippen molar-refractivity contribution >= 4 is 11.8 Å². The summed E-state index contributed by atoms with van der Waals surface area (Å²) in [4.78, 5) is 22.9. The largest absolute Gasteiger partial charge is 0.423 e. The molecule has 1 rings (SSSR count). The summed E-state index contributed by atoms with van der Waals surface area (Å²) in [5, 5.41) is 13.9. The van der Waals surface area contributed by atoms with Crippen molar-refractivity contribution in [2.75, 3.05) is 26.8 Å². The molecule has 9 heteroatoms. The molecule has 0 radical (unpaired) electrons. The topological polar surface area (TPSA) is 87.7 Å².